The van der Waals surface area contributed by atoms with Crippen LogP contribution in [0.25, 0.3) is 11.4 Å². The maximum atomic E-state index is 12.2. The molecule has 2 aliphatic heterocycles. The molecule has 0 spiro atoms. The highest BCUT2D eigenvalue weighted by Gasteiger charge is 2.44. The summed E-state index contributed by atoms with van der Waals surface area (Å²) in [5.41, 5.74) is 1.47. The van der Waals surface area contributed by atoms with E-state index in [0.717, 1.165) is 30.8 Å². The normalized spacial score (nSPS) is 25.6. The van der Waals surface area contributed by atoms with Crippen LogP contribution in [0.5, 0.6) is 0 Å². The van der Waals surface area contributed by atoms with Gasteiger partial charge in [-0.2, -0.15) is 4.98 Å². The molecule has 3 heterocycles. The fraction of sp³-hybridized carbons (Fsp3) is 0.526. The zero-order valence-electron chi connectivity index (χ0n) is 14.9. The molecule has 0 N–H and O–H groups in total. The number of fused-ring (bicyclic) bond motifs is 2. The van der Waals surface area contributed by atoms with Crippen molar-refractivity contribution in [1.29, 1.82) is 0 Å². The molecule has 4 rings (SSSR count). The Bertz CT molecular complexity index is 773. The third-order valence-electron chi connectivity index (χ3n) is 5.44. The summed E-state index contributed by atoms with van der Waals surface area (Å²) in [6.45, 7) is 3.38. The topological polar surface area (TPSA) is 62.5 Å². The van der Waals surface area contributed by atoms with E-state index in [4.69, 9.17) is 9.51 Å². The Balaban J connectivity index is 1.63. The number of piperidine rings is 2. The molecule has 2 aromatic rings. The highest BCUT2D eigenvalue weighted by atomic mass is 16.5. The van der Waals surface area contributed by atoms with Crippen molar-refractivity contribution in [2.45, 2.75) is 31.1 Å². The van der Waals surface area contributed by atoms with Gasteiger partial charge in [-0.05, 0) is 50.9 Å². The first-order valence-corrected chi connectivity index (χ1v) is 8.96. The molecule has 2 aliphatic rings. The molecule has 0 radical (unpaired) electrons. The molecule has 1 amide bonds. The molecular weight excluding hydrogens is 316 g/mol. The average Bonchev–Trinajstić information content (AvgIpc) is 3.12. The van der Waals surface area contributed by atoms with Gasteiger partial charge in [-0.25, -0.2) is 0 Å². The standard InChI is InChI=1S/C19H24N4O2/c1-22(2)17(24)15-7-3-6-14(12-15)16-20-18(25-21-16)19-8-4-10-23(13-19)11-5-9-19/h3,6-7,12H,4-5,8-11,13H2,1-2H3. The lowest BCUT2D eigenvalue weighted by atomic mass is 9.73. The first kappa shape index (κ1) is 16.3. The smallest absolute Gasteiger partial charge is 0.253 e. The summed E-state index contributed by atoms with van der Waals surface area (Å²) < 4.78 is 5.70. The zero-order chi connectivity index (χ0) is 17.4. The lowest BCUT2D eigenvalue weighted by Gasteiger charge is -2.44. The second-order valence-corrected chi connectivity index (χ2v) is 7.47. The number of carbonyl (C=O) groups is 1. The lowest BCUT2D eigenvalue weighted by molar-refractivity contribution is 0.0711. The summed E-state index contributed by atoms with van der Waals surface area (Å²) in [7, 11) is 3.50. The molecule has 6 nitrogen and oxygen atoms in total. The summed E-state index contributed by atoms with van der Waals surface area (Å²) in [6, 6.07) is 7.43. The minimum atomic E-state index is -0.0284. The molecule has 0 atom stereocenters. The van der Waals surface area contributed by atoms with Crippen molar-refractivity contribution in [3.8, 4) is 11.4 Å². The summed E-state index contributed by atoms with van der Waals surface area (Å²) in [6.07, 6.45) is 4.60. The zero-order valence-corrected chi connectivity index (χ0v) is 14.9. The van der Waals surface area contributed by atoms with E-state index in [0.29, 0.717) is 11.4 Å². The number of amides is 1. The third kappa shape index (κ3) is 2.95. The van der Waals surface area contributed by atoms with Gasteiger partial charge in [0.05, 0.1) is 5.41 Å². The van der Waals surface area contributed by atoms with Gasteiger partial charge in [0.15, 0.2) is 0 Å². The quantitative estimate of drug-likeness (QED) is 0.859. The predicted octanol–water partition coefficient (Wildman–Crippen LogP) is 2.57. The van der Waals surface area contributed by atoms with Gasteiger partial charge in [-0.15, -0.1) is 0 Å². The largest absolute Gasteiger partial charge is 0.345 e. The Labute approximate surface area is 147 Å². The van der Waals surface area contributed by atoms with Crippen molar-refractivity contribution >= 4 is 5.91 Å². The molecule has 0 saturated carbocycles. The van der Waals surface area contributed by atoms with Crippen molar-refractivity contribution in [2.75, 3.05) is 33.7 Å². The van der Waals surface area contributed by atoms with Gasteiger partial charge in [0, 0.05) is 31.8 Å². The number of aromatic nitrogens is 2. The molecule has 25 heavy (non-hydrogen) atoms. The monoisotopic (exact) mass is 340 g/mol. The molecule has 6 heteroatoms. The van der Waals surface area contributed by atoms with Crippen molar-refractivity contribution in [2.24, 2.45) is 0 Å². The Morgan fingerprint density at radius 2 is 2.00 bits per heavy atom. The minimum absolute atomic E-state index is 0.0127. The Morgan fingerprint density at radius 3 is 2.72 bits per heavy atom. The number of hydrogen-bond acceptors (Lipinski definition) is 5. The Kier molecular flexibility index (Phi) is 4.07. The van der Waals surface area contributed by atoms with E-state index in [1.165, 1.54) is 25.9 Å². The molecular formula is C19H24N4O2. The predicted molar refractivity (Wildman–Crippen MR) is 94.3 cm³/mol. The maximum absolute atomic E-state index is 12.2. The highest BCUT2D eigenvalue weighted by Crippen LogP contribution is 2.40. The van der Waals surface area contributed by atoms with E-state index in [-0.39, 0.29) is 11.3 Å². The average molecular weight is 340 g/mol. The maximum Gasteiger partial charge on any atom is 0.253 e. The molecule has 1 aromatic heterocycles. The first-order valence-electron chi connectivity index (χ1n) is 8.96. The van der Waals surface area contributed by atoms with Gasteiger partial charge < -0.3 is 14.3 Å². The molecule has 0 aliphatic carbocycles. The van der Waals surface area contributed by atoms with E-state index in [1.807, 2.05) is 24.3 Å². The van der Waals surface area contributed by atoms with Crippen LogP contribution in [0.1, 0.15) is 41.9 Å². The third-order valence-corrected chi connectivity index (χ3v) is 5.44. The molecule has 132 valence electrons. The summed E-state index contributed by atoms with van der Waals surface area (Å²) in [5, 5.41) is 4.22. The fourth-order valence-corrected chi connectivity index (χ4v) is 4.15. The van der Waals surface area contributed by atoms with E-state index < -0.39 is 0 Å². The van der Waals surface area contributed by atoms with Crippen molar-refractivity contribution < 1.29 is 9.32 Å². The van der Waals surface area contributed by atoms with Gasteiger partial charge in [-0.1, -0.05) is 17.3 Å². The van der Waals surface area contributed by atoms with E-state index >= 15 is 0 Å². The van der Waals surface area contributed by atoms with Gasteiger partial charge in [-0.3, -0.25) is 4.79 Å². The van der Waals surface area contributed by atoms with Crippen LogP contribution in [0.15, 0.2) is 28.8 Å². The van der Waals surface area contributed by atoms with Crippen LogP contribution in [0.2, 0.25) is 0 Å². The van der Waals surface area contributed by atoms with Crippen molar-refractivity contribution in [3.05, 3.63) is 35.7 Å². The van der Waals surface area contributed by atoms with Crippen LogP contribution in [0.3, 0.4) is 0 Å². The van der Waals surface area contributed by atoms with Gasteiger partial charge in [0.25, 0.3) is 5.91 Å². The molecule has 0 unspecified atom stereocenters. The Hall–Kier alpha value is -2.21. The number of hydrogen-bond donors (Lipinski definition) is 0. The molecule has 1 aromatic carbocycles. The van der Waals surface area contributed by atoms with Gasteiger partial charge >= 0.3 is 0 Å². The fourth-order valence-electron chi connectivity index (χ4n) is 4.15. The van der Waals surface area contributed by atoms with Crippen LogP contribution in [0, 0.1) is 0 Å². The second kappa shape index (κ2) is 6.26. The number of carbonyl (C=O) groups excluding carboxylic acids is 1. The van der Waals surface area contributed by atoms with E-state index in [1.54, 1.807) is 19.0 Å². The SMILES string of the molecule is CN(C)C(=O)c1cccc(-c2noc(C34CCCN(CCC3)C4)n2)c1. The van der Waals surface area contributed by atoms with Crippen LogP contribution >= 0.6 is 0 Å². The second-order valence-electron chi connectivity index (χ2n) is 7.47. The van der Waals surface area contributed by atoms with E-state index in [2.05, 4.69) is 10.1 Å². The summed E-state index contributed by atoms with van der Waals surface area (Å²) in [4.78, 5) is 21.0. The van der Waals surface area contributed by atoms with Crippen LogP contribution < -0.4 is 0 Å². The van der Waals surface area contributed by atoms with Crippen molar-refractivity contribution in [1.82, 2.24) is 19.9 Å². The van der Waals surface area contributed by atoms with Crippen LogP contribution in [-0.4, -0.2) is 59.6 Å². The van der Waals surface area contributed by atoms with Gasteiger partial charge in [0.1, 0.15) is 0 Å². The number of benzene rings is 1. The number of nitrogens with zero attached hydrogens (tertiary/aromatic N) is 4. The first-order chi connectivity index (χ1) is 12.1. The molecule has 2 bridgehead atoms. The minimum Gasteiger partial charge on any atom is -0.345 e. The molecule has 2 saturated heterocycles. The van der Waals surface area contributed by atoms with Crippen LogP contribution in [0.4, 0.5) is 0 Å². The summed E-state index contributed by atoms with van der Waals surface area (Å²) >= 11 is 0. The Morgan fingerprint density at radius 1 is 1.24 bits per heavy atom. The number of rotatable bonds is 3. The lowest BCUT2D eigenvalue weighted by Crippen LogP contribution is -2.50. The molecule has 2 fully saturated rings. The van der Waals surface area contributed by atoms with Crippen LogP contribution in [-0.2, 0) is 5.41 Å². The summed E-state index contributed by atoms with van der Waals surface area (Å²) in [5.74, 6) is 1.30. The van der Waals surface area contributed by atoms with E-state index in [9.17, 15) is 4.79 Å². The highest BCUT2D eigenvalue weighted by molar-refractivity contribution is 5.94. The van der Waals surface area contributed by atoms with Crippen molar-refractivity contribution in [3.63, 3.8) is 0 Å². The van der Waals surface area contributed by atoms with Gasteiger partial charge in [0.2, 0.25) is 11.7 Å².